The van der Waals surface area contributed by atoms with E-state index in [9.17, 15) is 0 Å². The Morgan fingerprint density at radius 3 is 0.364 bits per heavy atom. The summed E-state index contributed by atoms with van der Waals surface area (Å²) in [4.78, 5) is 28.9. The summed E-state index contributed by atoms with van der Waals surface area (Å²) in [6.07, 6.45) is 37.6. The maximum Gasteiger partial charge on any atom is -0.000653 e. The van der Waals surface area contributed by atoms with Crippen molar-refractivity contribution in [3.63, 3.8) is 0 Å². The standard InChI is InChI=1S/C55H131N19.C22H53N7.C10H25N3.C4H11N/c56-20-3-30-66-32-13-34-67-33-12-31-65-29-1-2-35-68(44-14-50-73(52-16-46-69(36-4-21-57)37-5-22-58)53-17-47-70(38-6-23-59)39-7-24-60)45-15-51-74(54-18-48-71(40-8-25-61)41-9-26-62)55-19-49-72(42-10-27-63)43-11-28-64;1-2-3-14-27(19-8-21-28(15-4-10-23)16-5-11-24)20-9-22-29(17-6-12-25)18-7-13-26;1-2-3-8-13(9-4-6-11)10-5-7-12;1-2-3-4-5/h65-67H,1-64H2;2-26H2,1H3;2-12H2,1H3;2-5H2,1H3. The zero-order chi connectivity index (χ0) is 89.7. The molecule has 0 rings (SSSR count). The van der Waals surface area contributed by atoms with E-state index in [0.717, 1.165) is 443 Å². The molecule has 0 radical (unpaired) electrons. The molecule has 0 saturated carbocycles. The number of nitrogens with two attached hydrogens (primary N) is 16. The Kier molecular flexibility index (Phi) is 114. The van der Waals surface area contributed by atoms with Crippen molar-refractivity contribution in [1.29, 1.82) is 0 Å². The molecule has 0 amide bonds. The van der Waals surface area contributed by atoms with Gasteiger partial charge in [0.15, 0.2) is 0 Å². The minimum atomic E-state index is 0.738. The van der Waals surface area contributed by atoms with Gasteiger partial charge in [-0.05, 0) is 553 Å². The lowest BCUT2D eigenvalue weighted by Gasteiger charge is -2.30. The molecule has 0 aliphatic heterocycles. The van der Waals surface area contributed by atoms with E-state index in [1.54, 1.807) is 0 Å². The van der Waals surface area contributed by atoms with Crippen molar-refractivity contribution in [2.75, 3.05) is 360 Å². The first kappa shape index (κ1) is 126. The smallest absolute Gasteiger partial charge is 0.000653 e. The molecule has 0 heterocycles. The molecule has 0 bridgehead atoms. The third-order valence-corrected chi connectivity index (χ3v) is 22.4. The van der Waals surface area contributed by atoms with E-state index in [1.807, 2.05) is 0 Å². The zero-order valence-electron chi connectivity index (χ0n) is 80.9. The van der Waals surface area contributed by atoms with Crippen molar-refractivity contribution in [1.82, 2.24) is 69.8 Å². The predicted octanol–water partition coefficient (Wildman–Crippen LogP) is 2.31. The van der Waals surface area contributed by atoms with Crippen molar-refractivity contribution in [3.8, 4) is 0 Å². The van der Waals surface area contributed by atoms with Crippen LogP contribution in [0.3, 0.4) is 0 Å². The third kappa shape index (κ3) is 96.2. The molecule has 0 aliphatic rings. The summed E-state index contributed by atoms with van der Waals surface area (Å²) in [5.74, 6) is 0. The van der Waals surface area contributed by atoms with Gasteiger partial charge in [0.05, 0.1) is 0 Å². The van der Waals surface area contributed by atoms with Crippen molar-refractivity contribution in [3.05, 3.63) is 0 Å². The van der Waals surface area contributed by atoms with Crippen LogP contribution in [0.2, 0.25) is 0 Å². The first-order chi connectivity index (χ1) is 59.4. The van der Waals surface area contributed by atoms with Crippen LogP contribution in [-0.4, -0.2) is 414 Å². The Labute approximate surface area is 750 Å². The number of hydrogen-bond acceptors (Lipinski definition) is 30. The van der Waals surface area contributed by atoms with Gasteiger partial charge in [0.2, 0.25) is 0 Å². The summed E-state index contributed by atoms with van der Waals surface area (Å²) >= 11 is 0. The average molecular weight is 1730 g/mol. The lowest BCUT2D eigenvalue weighted by Crippen LogP contribution is -2.38. The van der Waals surface area contributed by atoms with E-state index in [0.29, 0.717) is 0 Å². The van der Waals surface area contributed by atoms with Crippen molar-refractivity contribution >= 4 is 0 Å². The van der Waals surface area contributed by atoms with Crippen LogP contribution in [0.15, 0.2) is 0 Å². The molecular weight excluding hydrogens is 1510 g/mol. The fourth-order valence-electron chi connectivity index (χ4n) is 15.1. The van der Waals surface area contributed by atoms with Gasteiger partial charge in [-0.2, -0.15) is 0 Å². The highest BCUT2D eigenvalue weighted by molar-refractivity contribution is 4.74. The molecule has 0 aliphatic carbocycles. The van der Waals surface area contributed by atoms with Crippen LogP contribution in [0.1, 0.15) is 233 Å². The molecule has 0 saturated heterocycles. The highest BCUT2D eigenvalue weighted by Gasteiger charge is 2.17. The largest absolute Gasteiger partial charge is 0.330 e. The van der Waals surface area contributed by atoms with Gasteiger partial charge >= 0.3 is 0 Å². The van der Waals surface area contributed by atoms with E-state index in [4.69, 9.17) is 91.7 Å². The van der Waals surface area contributed by atoms with E-state index in [-0.39, 0.29) is 0 Å². The first-order valence-electron chi connectivity index (χ1n) is 50.7. The number of unbranched alkanes of at least 4 members (excludes halogenated alkanes) is 4. The fourth-order valence-corrected chi connectivity index (χ4v) is 15.1. The van der Waals surface area contributed by atoms with Gasteiger partial charge in [-0.3, -0.25) is 0 Å². The normalized spacial score (nSPS) is 12.0. The molecule has 30 heteroatoms. The summed E-state index contributed by atoms with van der Waals surface area (Å²) in [5.41, 5.74) is 92.0. The maximum atomic E-state index is 5.94. The Balaban J connectivity index is -0.00000117. The molecule has 0 spiro atoms. The van der Waals surface area contributed by atoms with Crippen LogP contribution in [0.25, 0.3) is 0 Å². The quantitative estimate of drug-likeness (QED) is 0.0388. The molecule has 35 N–H and O–H groups in total. The van der Waals surface area contributed by atoms with E-state index in [2.05, 4.69) is 90.6 Å². The van der Waals surface area contributed by atoms with Crippen LogP contribution < -0.4 is 108 Å². The van der Waals surface area contributed by atoms with E-state index in [1.165, 1.54) is 129 Å². The Hall–Kier alpha value is -1.20. The molecule has 0 aromatic heterocycles. The lowest BCUT2D eigenvalue weighted by molar-refractivity contribution is 0.180. The minimum Gasteiger partial charge on any atom is -0.330 e. The van der Waals surface area contributed by atoms with Gasteiger partial charge in [-0.25, -0.2) is 0 Å². The van der Waals surface area contributed by atoms with Crippen molar-refractivity contribution in [2.24, 2.45) is 91.7 Å². The van der Waals surface area contributed by atoms with Crippen LogP contribution in [0.5, 0.6) is 0 Å². The first-order valence-corrected chi connectivity index (χ1v) is 50.7. The van der Waals surface area contributed by atoms with Crippen LogP contribution in [0, 0.1) is 0 Å². The molecule has 0 aromatic rings. The van der Waals surface area contributed by atoms with Crippen LogP contribution >= 0.6 is 0 Å². The average Bonchev–Trinajstić information content (AvgIpc) is 0.945. The SMILES string of the molecule is CCCCN.CCCCN(CCCN(CCCN)CCCN)CCCN(CCCN)CCCN.CCCCN(CCCN)CCCN.NCCCNCCCNCCCNCCCCN(CCCN(CCCN(CCCN)CCCN)CCCN(CCCN)CCCN)CCCN(CCCN(CCCN)CCCN)CCCN(CCCN)CCCN. The van der Waals surface area contributed by atoms with E-state index < -0.39 is 0 Å². The molecule has 121 heavy (non-hydrogen) atoms. The third-order valence-electron chi connectivity index (χ3n) is 22.4. The number of nitrogens with zero attached hydrogens (tertiary/aromatic N) is 11. The fraction of sp³-hybridized carbons (Fsp3) is 1.00. The summed E-state index contributed by atoms with van der Waals surface area (Å²) in [5, 5.41) is 10.8. The summed E-state index contributed by atoms with van der Waals surface area (Å²) in [6, 6.07) is 0. The Bertz CT molecular complexity index is 1610. The van der Waals surface area contributed by atoms with E-state index >= 15 is 0 Å². The van der Waals surface area contributed by atoms with Gasteiger partial charge in [0.25, 0.3) is 0 Å². The summed E-state index contributed by atoms with van der Waals surface area (Å²) < 4.78 is 0. The van der Waals surface area contributed by atoms with Crippen molar-refractivity contribution in [2.45, 2.75) is 233 Å². The summed E-state index contributed by atoms with van der Waals surface area (Å²) in [7, 11) is 0. The monoisotopic (exact) mass is 1730 g/mol. The van der Waals surface area contributed by atoms with Gasteiger partial charge < -0.3 is 162 Å². The van der Waals surface area contributed by atoms with Crippen LogP contribution in [0.4, 0.5) is 0 Å². The number of hydrogen-bond donors (Lipinski definition) is 19. The summed E-state index contributed by atoms with van der Waals surface area (Å²) in [6.45, 7) is 62.1. The second-order valence-corrected chi connectivity index (χ2v) is 33.7. The van der Waals surface area contributed by atoms with Gasteiger partial charge in [0.1, 0.15) is 0 Å². The lowest BCUT2D eigenvalue weighted by atomic mass is 10.2. The molecule has 0 aromatic carbocycles. The molecule has 0 atom stereocenters. The molecule has 30 nitrogen and oxygen atoms in total. The Morgan fingerprint density at radius 2 is 0.231 bits per heavy atom. The van der Waals surface area contributed by atoms with Gasteiger partial charge in [-0.1, -0.05) is 40.0 Å². The predicted molar refractivity (Wildman–Crippen MR) is 534 cm³/mol. The zero-order valence-corrected chi connectivity index (χ0v) is 80.9. The molecule has 0 unspecified atom stereocenters. The number of nitrogens with one attached hydrogen (secondary N) is 3. The van der Waals surface area contributed by atoms with Crippen molar-refractivity contribution < 1.29 is 0 Å². The topological polar surface area (TPSA) is 488 Å². The molecular formula is C91H220N30. The Morgan fingerprint density at radius 1 is 0.116 bits per heavy atom. The number of rotatable bonds is 98. The molecule has 0 fully saturated rings. The second kappa shape index (κ2) is 109. The van der Waals surface area contributed by atoms with Gasteiger partial charge in [0, 0.05) is 0 Å². The highest BCUT2D eigenvalue weighted by atomic mass is 15.2. The van der Waals surface area contributed by atoms with Crippen LogP contribution in [-0.2, 0) is 0 Å². The minimum absolute atomic E-state index is 0.738. The second-order valence-electron chi connectivity index (χ2n) is 33.7. The van der Waals surface area contributed by atoms with Gasteiger partial charge in [-0.15, -0.1) is 0 Å². The molecule has 734 valence electrons. The highest BCUT2D eigenvalue weighted by Crippen LogP contribution is 2.11. The maximum absolute atomic E-state index is 5.94.